The number of anilines is 1. The van der Waals surface area contributed by atoms with Crippen molar-refractivity contribution in [3.05, 3.63) is 64.7 Å². The number of ether oxygens (including phenoxy) is 1. The highest BCUT2D eigenvalue weighted by atomic mass is 35.5. The molecular weight excluding hydrogens is 432 g/mol. The summed E-state index contributed by atoms with van der Waals surface area (Å²) in [5.74, 6) is -0.223. The van der Waals surface area contributed by atoms with Gasteiger partial charge in [-0.3, -0.25) is 10.1 Å². The minimum atomic E-state index is -1.35. The lowest BCUT2D eigenvalue weighted by atomic mass is 10.1. The number of amides is 2. The monoisotopic (exact) mass is 460 g/mol. The lowest BCUT2D eigenvalue weighted by Crippen LogP contribution is -2.53. The van der Waals surface area contributed by atoms with Gasteiger partial charge in [-0.15, -0.1) is 11.8 Å². The number of carbonyl (C=O) groups is 2. The highest BCUT2D eigenvalue weighted by molar-refractivity contribution is 8.02. The van der Waals surface area contributed by atoms with E-state index in [1.165, 1.54) is 11.8 Å². The Labute approximate surface area is 193 Å². The quantitative estimate of drug-likeness (QED) is 0.560. The van der Waals surface area contributed by atoms with Crippen molar-refractivity contribution in [3.63, 3.8) is 0 Å². The Kier molecular flexibility index (Phi) is 6.36. The third-order valence-corrected chi connectivity index (χ3v) is 6.15. The van der Waals surface area contributed by atoms with E-state index in [2.05, 4.69) is 5.32 Å². The fourth-order valence-corrected chi connectivity index (χ4v) is 5.21. The van der Waals surface area contributed by atoms with Crippen LogP contribution in [0.5, 0.6) is 0 Å². The van der Waals surface area contributed by atoms with Crippen LogP contribution in [-0.4, -0.2) is 22.3 Å². The highest BCUT2D eigenvalue weighted by Gasteiger charge is 2.55. The van der Waals surface area contributed by atoms with Crippen molar-refractivity contribution in [1.29, 1.82) is 0 Å². The van der Waals surface area contributed by atoms with E-state index in [9.17, 15) is 9.59 Å². The summed E-state index contributed by atoms with van der Waals surface area (Å²) in [4.78, 5) is 27.2. The van der Waals surface area contributed by atoms with Crippen LogP contribution in [0.1, 0.15) is 52.7 Å². The predicted molar refractivity (Wildman–Crippen MR) is 127 cm³/mol. The first-order valence-corrected chi connectivity index (χ1v) is 11.4. The lowest BCUT2D eigenvalue weighted by Gasteiger charge is -2.35. The van der Waals surface area contributed by atoms with Crippen molar-refractivity contribution in [3.8, 4) is 0 Å². The van der Waals surface area contributed by atoms with Crippen LogP contribution in [0.25, 0.3) is 0 Å². The van der Waals surface area contributed by atoms with E-state index in [0.29, 0.717) is 17.1 Å². The SMILES string of the molecule is CC(C)(C)OC(=O)N[C@@]1(SC(C)(C)C)C(=O)N(Cc2ccccc2)c2ccc(Cl)cc21. The molecule has 1 N–H and O–H groups in total. The zero-order valence-corrected chi connectivity index (χ0v) is 20.4. The fourth-order valence-electron chi connectivity index (χ4n) is 3.51. The van der Waals surface area contributed by atoms with Crippen LogP contribution < -0.4 is 10.2 Å². The molecule has 31 heavy (non-hydrogen) atoms. The molecule has 1 heterocycles. The number of hydrogen-bond donors (Lipinski definition) is 1. The van der Waals surface area contributed by atoms with Crippen LogP contribution in [0.15, 0.2) is 48.5 Å². The molecular formula is C24H29ClN2O3S. The molecule has 0 saturated heterocycles. The van der Waals surface area contributed by atoms with E-state index in [4.69, 9.17) is 16.3 Å². The van der Waals surface area contributed by atoms with Gasteiger partial charge >= 0.3 is 6.09 Å². The number of alkyl carbamates (subject to hydrolysis) is 1. The molecule has 1 aliphatic rings. The molecule has 1 aliphatic heterocycles. The molecule has 0 radical (unpaired) electrons. The summed E-state index contributed by atoms with van der Waals surface area (Å²) in [5.41, 5.74) is 1.68. The van der Waals surface area contributed by atoms with E-state index < -0.39 is 16.6 Å². The Morgan fingerprint density at radius 2 is 1.74 bits per heavy atom. The number of nitrogens with one attached hydrogen (secondary N) is 1. The van der Waals surface area contributed by atoms with Crippen molar-refractivity contribution >= 4 is 41.1 Å². The van der Waals surface area contributed by atoms with Gasteiger partial charge in [0.25, 0.3) is 5.91 Å². The number of thioether (sulfide) groups is 1. The van der Waals surface area contributed by atoms with E-state index in [0.717, 1.165) is 11.3 Å². The van der Waals surface area contributed by atoms with Crippen molar-refractivity contribution < 1.29 is 14.3 Å². The zero-order chi connectivity index (χ0) is 23.0. The molecule has 3 rings (SSSR count). The first-order valence-electron chi connectivity index (χ1n) is 10.2. The zero-order valence-electron chi connectivity index (χ0n) is 18.8. The molecule has 0 unspecified atom stereocenters. The summed E-state index contributed by atoms with van der Waals surface area (Å²) in [6, 6.07) is 15.1. The van der Waals surface area contributed by atoms with Gasteiger partial charge in [-0.2, -0.15) is 0 Å². The normalized spacial score (nSPS) is 18.7. The number of fused-ring (bicyclic) bond motifs is 1. The Bertz CT molecular complexity index is 983. The van der Waals surface area contributed by atoms with Gasteiger partial charge < -0.3 is 9.64 Å². The number of halogens is 1. The molecule has 1 atom stereocenters. The molecule has 2 aromatic carbocycles. The predicted octanol–water partition coefficient (Wildman–Crippen LogP) is 6.10. The molecule has 166 valence electrons. The van der Waals surface area contributed by atoms with Gasteiger partial charge in [0.05, 0.1) is 12.2 Å². The van der Waals surface area contributed by atoms with Crippen molar-refractivity contribution in [2.45, 2.75) is 63.3 Å². The highest BCUT2D eigenvalue weighted by Crippen LogP contribution is 2.52. The number of hydrogen-bond acceptors (Lipinski definition) is 4. The average molecular weight is 461 g/mol. The summed E-state index contributed by atoms with van der Waals surface area (Å²) in [5, 5.41) is 3.40. The fraction of sp³-hybridized carbons (Fsp3) is 0.417. The maximum absolute atomic E-state index is 14.0. The van der Waals surface area contributed by atoms with E-state index in [-0.39, 0.29) is 10.7 Å². The van der Waals surface area contributed by atoms with Crippen molar-refractivity contribution in [2.75, 3.05) is 4.90 Å². The molecule has 2 amide bonds. The minimum Gasteiger partial charge on any atom is -0.444 e. The van der Waals surface area contributed by atoms with Gasteiger partial charge in [0.1, 0.15) is 5.60 Å². The Morgan fingerprint density at radius 3 is 2.32 bits per heavy atom. The smallest absolute Gasteiger partial charge is 0.409 e. The Morgan fingerprint density at radius 1 is 1.10 bits per heavy atom. The van der Waals surface area contributed by atoms with E-state index in [1.54, 1.807) is 37.8 Å². The maximum atomic E-state index is 14.0. The van der Waals surface area contributed by atoms with Crippen LogP contribution in [0, 0.1) is 0 Å². The van der Waals surface area contributed by atoms with Crippen molar-refractivity contribution in [2.24, 2.45) is 0 Å². The van der Waals surface area contributed by atoms with Gasteiger partial charge in [0, 0.05) is 15.3 Å². The molecule has 0 spiro atoms. The van der Waals surface area contributed by atoms with E-state index >= 15 is 0 Å². The second kappa shape index (κ2) is 8.40. The summed E-state index contributed by atoms with van der Waals surface area (Å²) < 4.78 is 5.18. The lowest BCUT2D eigenvalue weighted by molar-refractivity contribution is -0.121. The molecule has 7 heteroatoms. The number of carbonyl (C=O) groups excluding carboxylic acids is 2. The molecule has 0 bridgehead atoms. The third-order valence-electron chi connectivity index (χ3n) is 4.49. The van der Waals surface area contributed by atoms with E-state index in [1.807, 2.05) is 57.2 Å². The maximum Gasteiger partial charge on any atom is 0.409 e. The second-order valence-electron chi connectivity index (χ2n) is 9.56. The van der Waals surface area contributed by atoms with Crippen LogP contribution in [0.3, 0.4) is 0 Å². The third kappa shape index (κ3) is 5.36. The summed E-state index contributed by atoms with van der Waals surface area (Å²) >= 11 is 7.72. The first kappa shape index (κ1) is 23.5. The van der Waals surface area contributed by atoms with Gasteiger partial charge in [-0.1, -0.05) is 62.7 Å². The number of benzene rings is 2. The van der Waals surface area contributed by atoms with Crippen LogP contribution in [-0.2, 0) is 20.9 Å². The van der Waals surface area contributed by atoms with Gasteiger partial charge in [0.15, 0.2) is 4.87 Å². The second-order valence-corrected chi connectivity index (χ2v) is 12.0. The van der Waals surface area contributed by atoms with Crippen LogP contribution in [0.4, 0.5) is 10.5 Å². The largest absolute Gasteiger partial charge is 0.444 e. The minimum absolute atomic E-state index is 0.223. The summed E-state index contributed by atoms with van der Waals surface area (Å²) in [6.07, 6.45) is -0.648. The molecule has 2 aromatic rings. The van der Waals surface area contributed by atoms with Crippen LogP contribution >= 0.6 is 23.4 Å². The Balaban J connectivity index is 2.11. The Hall–Kier alpha value is -2.18. The number of rotatable bonds is 4. The molecule has 0 aromatic heterocycles. The summed E-state index contributed by atoms with van der Waals surface area (Å²) in [7, 11) is 0. The molecule has 5 nitrogen and oxygen atoms in total. The standard InChI is InChI=1S/C24H29ClN2O3S/c1-22(2,3)30-21(29)26-24(31-23(4,5)6)18-14-17(25)12-13-19(18)27(20(24)28)15-16-10-8-7-9-11-16/h7-14H,15H2,1-6H3,(H,26,29)/t24-/m0/s1. The summed E-state index contributed by atoms with van der Waals surface area (Å²) in [6.45, 7) is 11.8. The number of nitrogens with zero attached hydrogens (tertiary/aromatic N) is 1. The van der Waals surface area contributed by atoms with Gasteiger partial charge in [0.2, 0.25) is 0 Å². The molecule has 0 fully saturated rings. The molecule has 0 aliphatic carbocycles. The van der Waals surface area contributed by atoms with Gasteiger partial charge in [-0.05, 0) is 44.5 Å². The average Bonchev–Trinajstić information content (AvgIpc) is 2.82. The topological polar surface area (TPSA) is 58.6 Å². The van der Waals surface area contributed by atoms with Gasteiger partial charge in [-0.25, -0.2) is 4.79 Å². The van der Waals surface area contributed by atoms with Crippen LogP contribution in [0.2, 0.25) is 5.02 Å². The first-order chi connectivity index (χ1) is 14.3. The van der Waals surface area contributed by atoms with Crippen molar-refractivity contribution in [1.82, 2.24) is 5.32 Å². The molecule has 0 saturated carbocycles.